The third-order valence-corrected chi connectivity index (χ3v) is 7.09. The molecule has 0 aliphatic heterocycles. The average Bonchev–Trinajstić information content (AvgIpc) is 2.85. The summed E-state index contributed by atoms with van der Waals surface area (Å²) in [6.45, 7) is 2.54. The predicted molar refractivity (Wildman–Crippen MR) is 84.4 cm³/mol. The zero-order chi connectivity index (χ0) is 13.8. The first-order chi connectivity index (χ1) is 9.61. The number of hydrogen-bond acceptors (Lipinski definition) is 3. The Hall–Kier alpha value is -0.380. The van der Waals surface area contributed by atoms with Crippen molar-refractivity contribution in [1.29, 1.82) is 0 Å². The molecule has 1 heterocycles. The second-order valence-corrected chi connectivity index (χ2v) is 8.97. The number of thiophene rings is 1. The summed E-state index contributed by atoms with van der Waals surface area (Å²) in [5, 5.41) is 4.47. The lowest BCUT2D eigenvalue weighted by molar-refractivity contribution is -0.118. The van der Waals surface area contributed by atoms with Gasteiger partial charge in [0.1, 0.15) is 0 Å². The summed E-state index contributed by atoms with van der Waals surface area (Å²) in [4.78, 5) is 0. The van der Waals surface area contributed by atoms with Crippen molar-refractivity contribution in [2.75, 3.05) is 0 Å². The highest BCUT2D eigenvalue weighted by molar-refractivity contribution is 7.07. The Labute approximate surface area is 126 Å². The lowest BCUT2D eigenvalue weighted by atomic mass is 9.43. The Bertz CT molecular complexity index is 467. The van der Waals surface area contributed by atoms with Crippen molar-refractivity contribution in [3.63, 3.8) is 0 Å². The van der Waals surface area contributed by atoms with Gasteiger partial charge in [-0.25, -0.2) is 0 Å². The Morgan fingerprint density at radius 3 is 2.65 bits per heavy atom. The van der Waals surface area contributed by atoms with Crippen molar-refractivity contribution < 1.29 is 0 Å². The van der Waals surface area contributed by atoms with Crippen molar-refractivity contribution in [3.8, 4) is 0 Å². The summed E-state index contributed by atoms with van der Waals surface area (Å²) >= 11 is 1.80. The average molecular weight is 290 g/mol. The molecule has 3 heteroatoms. The maximum absolute atomic E-state index is 6.01. The number of rotatable bonds is 4. The topological polar surface area (TPSA) is 38.0 Å². The van der Waals surface area contributed by atoms with Gasteiger partial charge in [-0.2, -0.15) is 11.3 Å². The van der Waals surface area contributed by atoms with E-state index in [4.69, 9.17) is 5.84 Å². The molecule has 0 amide bonds. The van der Waals surface area contributed by atoms with Gasteiger partial charge in [0.05, 0.1) is 0 Å². The number of hydrazine groups is 1. The third-order valence-electron chi connectivity index (χ3n) is 6.36. The Balaban J connectivity index is 1.62. The maximum Gasteiger partial charge on any atom is 0.0307 e. The Kier molecular flexibility index (Phi) is 3.03. The molecule has 4 aliphatic rings. The third kappa shape index (κ3) is 2.06. The van der Waals surface area contributed by atoms with E-state index in [-0.39, 0.29) is 0 Å². The van der Waals surface area contributed by atoms with Gasteiger partial charge in [0.2, 0.25) is 0 Å². The number of hydrogen-bond donors (Lipinski definition) is 2. The zero-order valence-corrected chi connectivity index (χ0v) is 13.2. The van der Waals surface area contributed by atoms with Crippen LogP contribution in [0.2, 0.25) is 0 Å². The molecule has 5 rings (SSSR count). The van der Waals surface area contributed by atoms with Crippen LogP contribution in [0.5, 0.6) is 0 Å². The highest BCUT2D eigenvalue weighted by Crippen LogP contribution is 2.66. The first-order valence-corrected chi connectivity index (χ1v) is 9.02. The van der Waals surface area contributed by atoms with Gasteiger partial charge < -0.3 is 0 Å². The van der Waals surface area contributed by atoms with E-state index in [0.717, 1.165) is 18.3 Å². The van der Waals surface area contributed by atoms with Crippen LogP contribution in [0.3, 0.4) is 0 Å². The summed E-state index contributed by atoms with van der Waals surface area (Å²) in [6.07, 6.45) is 9.77. The molecular formula is C17H26N2S. The van der Waals surface area contributed by atoms with Crippen LogP contribution in [0.15, 0.2) is 16.8 Å². The highest BCUT2D eigenvalue weighted by Gasteiger charge is 2.58. The summed E-state index contributed by atoms with van der Waals surface area (Å²) in [6, 6.07) is 2.72. The first-order valence-electron chi connectivity index (χ1n) is 8.08. The van der Waals surface area contributed by atoms with Gasteiger partial charge in [0.15, 0.2) is 0 Å². The summed E-state index contributed by atoms with van der Waals surface area (Å²) in [5.74, 6) is 7.95. The fraction of sp³-hybridized carbons (Fsp3) is 0.765. The quantitative estimate of drug-likeness (QED) is 0.655. The predicted octanol–water partition coefficient (Wildman–Crippen LogP) is 3.73. The first kappa shape index (κ1) is 13.3. The van der Waals surface area contributed by atoms with Gasteiger partial charge in [-0.05, 0) is 90.0 Å². The Morgan fingerprint density at radius 2 is 2.10 bits per heavy atom. The van der Waals surface area contributed by atoms with E-state index in [1.54, 1.807) is 11.3 Å². The van der Waals surface area contributed by atoms with E-state index in [0.29, 0.717) is 16.9 Å². The van der Waals surface area contributed by atoms with Crippen LogP contribution in [-0.2, 0) is 6.42 Å². The van der Waals surface area contributed by atoms with E-state index in [1.807, 2.05) is 0 Å². The zero-order valence-electron chi connectivity index (χ0n) is 12.4. The van der Waals surface area contributed by atoms with Gasteiger partial charge in [0.25, 0.3) is 0 Å². The number of nitrogens with one attached hydrogen (secondary N) is 1. The second kappa shape index (κ2) is 4.56. The molecule has 0 radical (unpaired) electrons. The van der Waals surface area contributed by atoms with Gasteiger partial charge in [-0.15, -0.1) is 0 Å². The minimum Gasteiger partial charge on any atom is -0.271 e. The van der Waals surface area contributed by atoms with Crippen LogP contribution in [0.25, 0.3) is 0 Å². The van der Waals surface area contributed by atoms with Crippen LogP contribution in [0, 0.1) is 22.7 Å². The monoisotopic (exact) mass is 290 g/mol. The van der Waals surface area contributed by atoms with Crippen LogP contribution in [0.4, 0.5) is 0 Å². The Morgan fingerprint density at radius 1 is 1.35 bits per heavy atom. The summed E-state index contributed by atoms with van der Waals surface area (Å²) in [5.41, 5.74) is 5.75. The molecular weight excluding hydrogens is 264 g/mol. The highest BCUT2D eigenvalue weighted by atomic mass is 32.1. The van der Waals surface area contributed by atoms with Crippen LogP contribution < -0.4 is 11.3 Å². The molecule has 0 saturated heterocycles. The van der Waals surface area contributed by atoms with Crippen molar-refractivity contribution in [3.05, 3.63) is 22.4 Å². The van der Waals surface area contributed by atoms with Gasteiger partial charge in [0, 0.05) is 6.04 Å². The molecule has 3 unspecified atom stereocenters. The van der Waals surface area contributed by atoms with Gasteiger partial charge >= 0.3 is 0 Å². The van der Waals surface area contributed by atoms with Crippen molar-refractivity contribution >= 4 is 11.3 Å². The maximum atomic E-state index is 6.01. The fourth-order valence-electron chi connectivity index (χ4n) is 6.30. The molecule has 4 fully saturated rings. The van der Waals surface area contributed by atoms with Gasteiger partial charge in [-0.1, -0.05) is 6.92 Å². The van der Waals surface area contributed by atoms with Crippen LogP contribution in [-0.4, -0.2) is 6.04 Å². The molecule has 20 heavy (non-hydrogen) atoms. The van der Waals surface area contributed by atoms with Crippen LogP contribution in [0.1, 0.15) is 51.0 Å². The molecule has 1 aromatic rings. The summed E-state index contributed by atoms with van der Waals surface area (Å²) in [7, 11) is 0. The molecule has 0 aromatic carbocycles. The van der Waals surface area contributed by atoms with E-state index in [2.05, 4.69) is 29.2 Å². The lowest BCUT2D eigenvalue weighted by Gasteiger charge is -2.63. The smallest absolute Gasteiger partial charge is 0.0307 e. The minimum absolute atomic E-state index is 0.460. The van der Waals surface area contributed by atoms with E-state index >= 15 is 0 Å². The van der Waals surface area contributed by atoms with Crippen LogP contribution >= 0.6 is 11.3 Å². The molecule has 3 N–H and O–H groups in total. The fourth-order valence-corrected chi connectivity index (χ4v) is 6.98. The molecule has 0 spiro atoms. The van der Waals surface area contributed by atoms with Crippen molar-refractivity contribution in [2.45, 2.75) is 57.9 Å². The minimum atomic E-state index is 0.460. The molecule has 110 valence electrons. The van der Waals surface area contributed by atoms with Gasteiger partial charge in [-0.3, -0.25) is 11.3 Å². The molecule has 4 saturated carbocycles. The normalized spacial score (nSPS) is 43.9. The SMILES string of the molecule is CC12CC3CC(C1)CC(C(Cc1ccsc1)NN)(C3)C2. The molecule has 2 nitrogen and oxygen atoms in total. The van der Waals surface area contributed by atoms with E-state index < -0.39 is 0 Å². The molecule has 4 bridgehead atoms. The standard InChI is InChI=1S/C17H26N2S/c1-16-6-13-4-14(7-16)9-17(8-13,11-16)15(19-18)5-12-2-3-20-10-12/h2-3,10,13-15,19H,4-9,11,18H2,1H3. The summed E-state index contributed by atoms with van der Waals surface area (Å²) < 4.78 is 0. The largest absolute Gasteiger partial charge is 0.271 e. The number of nitrogens with two attached hydrogens (primary N) is 1. The second-order valence-electron chi connectivity index (χ2n) is 8.19. The van der Waals surface area contributed by atoms with Crippen molar-refractivity contribution in [1.82, 2.24) is 5.43 Å². The lowest BCUT2D eigenvalue weighted by Crippen LogP contribution is -2.60. The molecule has 3 atom stereocenters. The van der Waals surface area contributed by atoms with E-state index in [1.165, 1.54) is 44.1 Å². The molecule has 4 aliphatic carbocycles. The molecule has 1 aromatic heterocycles. The van der Waals surface area contributed by atoms with Crippen molar-refractivity contribution in [2.24, 2.45) is 28.5 Å². The van der Waals surface area contributed by atoms with E-state index in [9.17, 15) is 0 Å².